The molecule has 0 heterocycles. The zero-order valence-corrected chi connectivity index (χ0v) is 15.4. The Labute approximate surface area is 166 Å². The zero-order chi connectivity index (χ0) is 18.9. The van der Waals surface area contributed by atoms with E-state index < -0.39 is 0 Å². The van der Waals surface area contributed by atoms with E-state index in [-0.39, 0.29) is 0 Å². The maximum atomic E-state index is 5.95. The van der Waals surface area contributed by atoms with Gasteiger partial charge in [0.05, 0.1) is 5.69 Å². The molecule has 0 aliphatic rings. The van der Waals surface area contributed by atoms with Gasteiger partial charge >= 0.3 is 0 Å². The van der Waals surface area contributed by atoms with Crippen LogP contribution in [0.3, 0.4) is 0 Å². The Morgan fingerprint density at radius 3 is 1.96 bits per heavy atom. The molecule has 0 saturated heterocycles. The molecular weight excluding hydrogens is 337 g/mol. The van der Waals surface area contributed by atoms with Crippen LogP contribution in [0.25, 0.3) is 21.5 Å². The van der Waals surface area contributed by atoms with Crippen molar-refractivity contribution in [1.29, 1.82) is 0 Å². The molecule has 0 atom stereocenters. The fourth-order valence-electron chi connectivity index (χ4n) is 3.77. The van der Waals surface area contributed by atoms with Gasteiger partial charge in [-0.3, -0.25) is 0 Å². The third kappa shape index (κ3) is 2.93. The Hall–Kier alpha value is -3.52. The largest absolute Gasteiger partial charge is 0.310 e. The van der Waals surface area contributed by atoms with Gasteiger partial charge in [0.15, 0.2) is 0 Å². The minimum Gasteiger partial charge on any atom is -0.310 e. The van der Waals surface area contributed by atoms with E-state index in [2.05, 4.69) is 102 Å². The van der Waals surface area contributed by atoms with E-state index in [9.17, 15) is 0 Å². The van der Waals surface area contributed by atoms with Crippen LogP contribution in [0.1, 0.15) is 0 Å². The molecule has 5 aromatic rings. The van der Waals surface area contributed by atoms with Crippen LogP contribution < -0.4 is 10.4 Å². The first-order chi connectivity index (χ1) is 13.8. The fourth-order valence-corrected chi connectivity index (χ4v) is 3.77. The molecule has 0 unspecified atom stereocenters. The van der Waals surface area contributed by atoms with Crippen molar-refractivity contribution in [1.82, 2.24) is 0 Å². The molecule has 5 rings (SSSR count). The van der Waals surface area contributed by atoms with Gasteiger partial charge in [-0.05, 0) is 46.5 Å². The highest BCUT2D eigenvalue weighted by Gasteiger charge is 2.15. The van der Waals surface area contributed by atoms with Crippen LogP contribution in [0.5, 0.6) is 0 Å². The third-order valence-corrected chi connectivity index (χ3v) is 5.15. The highest BCUT2D eigenvalue weighted by atomic mass is 15.1. The molecule has 0 N–H and O–H groups in total. The highest BCUT2D eigenvalue weighted by molar-refractivity contribution is 6.32. The number of fused-ring (bicyclic) bond motifs is 2. The van der Waals surface area contributed by atoms with E-state index >= 15 is 0 Å². The summed E-state index contributed by atoms with van der Waals surface area (Å²) in [7, 11) is 5.95. The second-order valence-electron chi connectivity index (χ2n) is 6.96. The summed E-state index contributed by atoms with van der Waals surface area (Å²) in [6, 6.07) is 38.1. The number of hydrogen-bond acceptors (Lipinski definition) is 1. The zero-order valence-electron chi connectivity index (χ0n) is 15.4. The van der Waals surface area contributed by atoms with Crippen molar-refractivity contribution in [2.24, 2.45) is 0 Å². The maximum absolute atomic E-state index is 5.95. The van der Waals surface area contributed by atoms with Gasteiger partial charge in [-0.2, -0.15) is 0 Å². The molecule has 0 aliphatic carbocycles. The SMILES string of the molecule is [B]c1ccc(N(c2ccc3ccccc3c2)c2cccc3ccccc23)cc1. The smallest absolute Gasteiger partial charge is 0.113 e. The molecule has 0 bridgehead atoms. The van der Waals surface area contributed by atoms with Crippen LogP contribution in [-0.4, -0.2) is 7.85 Å². The van der Waals surface area contributed by atoms with Gasteiger partial charge in [-0.15, -0.1) is 0 Å². The maximum Gasteiger partial charge on any atom is 0.113 e. The molecule has 1 nitrogen and oxygen atoms in total. The van der Waals surface area contributed by atoms with Crippen LogP contribution in [0.4, 0.5) is 17.1 Å². The predicted molar refractivity (Wildman–Crippen MR) is 122 cm³/mol. The second-order valence-corrected chi connectivity index (χ2v) is 6.96. The van der Waals surface area contributed by atoms with E-state index in [4.69, 9.17) is 7.85 Å². The van der Waals surface area contributed by atoms with Crippen LogP contribution in [0.2, 0.25) is 0 Å². The summed E-state index contributed by atoms with van der Waals surface area (Å²) in [5, 5.41) is 4.90. The minimum absolute atomic E-state index is 0.764. The molecule has 2 heteroatoms. The van der Waals surface area contributed by atoms with Gasteiger partial charge in [0, 0.05) is 16.8 Å². The van der Waals surface area contributed by atoms with Crippen molar-refractivity contribution >= 4 is 51.9 Å². The van der Waals surface area contributed by atoms with Crippen molar-refractivity contribution in [3.8, 4) is 0 Å². The lowest BCUT2D eigenvalue weighted by molar-refractivity contribution is 1.31. The number of rotatable bonds is 3. The van der Waals surface area contributed by atoms with Crippen LogP contribution >= 0.6 is 0 Å². The summed E-state index contributed by atoms with van der Waals surface area (Å²) in [5.74, 6) is 0. The summed E-state index contributed by atoms with van der Waals surface area (Å²) in [4.78, 5) is 2.30. The quantitative estimate of drug-likeness (QED) is 0.346. The average Bonchev–Trinajstić information content (AvgIpc) is 2.75. The molecule has 0 fully saturated rings. The van der Waals surface area contributed by atoms with Crippen molar-refractivity contribution in [3.05, 3.63) is 109 Å². The Morgan fingerprint density at radius 2 is 1.14 bits per heavy atom. The van der Waals surface area contributed by atoms with Crippen molar-refractivity contribution in [2.45, 2.75) is 0 Å². The summed E-state index contributed by atoms with van der Waals surface area (Å²) in [5.41, 5.74) is 4.12. The average molecular weight is 355 g/mol. The Balaban J connectivity index is 1.78. The van der Waals surface area contributed by atoms with Gasteiger partial charge in [0.2, 0.25) is 0 Å². The molecule has 0 saturated carbocycles. The van der Waals surface area contributed by atoms with Crippen LogP contribution in [0.15, 0.2) is 109 Å². The number of benzene rings is 5. The Bertz CT molecular complexity index is 1270. The Kier molecular flexibility index (Phi) is 4.10. The first-order valence-corrected chi connectivity index (χ1v) is 9.42. The first kappa shape index (κ1) is 16.6. The molecule has 0 amide bonds. The van der Waals surface area contributed by atoms with Gasteiger partial charge in [0.1, 0.15) is 7.85 Å². The topological polar surface area (TPSA) is 3.24 Å². The molecule has 130 valence electrons. The lowest BCUT2D eigenvalue weighted by Gasteiger charge is -2.27. The van der Waals surface area contributed by atoms with Gasteiger partial charge in [0.25, 0.3) is 0 Å². The molecule has 28 heavy (non-hydrogen) atoms. The molecule has 5 aromatic carbocycles. The van der Waals surface area contributed by atoms with Crippen molar-refractivity contribution in [2.75, 3.05) is 4.90 Å². The molecule has 0 aliphatic heterocycles. The van der Waals surface area contributed by atoms with Gasteiger partial charge in [-0.25, -0.2) is 0 Å². The lowest BCUT2D eigenvalue weighted by Crippen LogP contribution is -2.12. The van der Waals surface area contributed by atoms with E-state index in [1.54, 1.807) is 0 Å². The van der Waals surface area contributed by atoms with Crippen molar-refractivity contribution in [3.63, 3.8) is 0 Å². The molecule has 0 spiro atoms. The minimum atomic E-state index is 0.764. The lowest BCUT2D eigenvalue weighted by atomic mass is 9.96. The van der Waals surface area contributed by atoms with E-state index in [1.807, 2.05) is 12.1 Å². The first-order valence-electron chi connectivity index (χ1n) is 9.42. The Morgan fingerprint density at radius 1 is 0.500 bits per heavy atom. The summed E-state index contributed by atoms with van der Waals surface area (Å²) in [6.45, 7) is 0. The van der Waals surface area contributed by atoms with Crippen molar-refractivity contribution < 1.29 is 0 Å². The molecular formula is C26H18BN. The third-order valence-electron chi connectivity index (χ3n) is 5.15. The fraction of sp³-hybridized carbons (Fsp3) is 0. The molecule has 2 radical (unpaired) electrons. The summed E-state index contributed by atoms with van der Waals surface area (Å²) < 4.78 is 0. The molecule has 0 aromatic heterocycles. The standard InChI is InChI=1S/C26H18BN/c27-22-13-16-23(17-14-22)28(24-15-12-19-6-1-2-8-21(19)18-24)26-11-5-9-20-7-3-4-10-25(20)26/h1-18H. The van der Waals surface area contributed by atoms with Crippen LogP contribution in [0, 0.1) is 0 Å². The summed E-state index contributed by atoms with van der Waals surface area (Å²) in [6.07, 6.45) is 0. The highest BCUT2D eigenvalue weighted by Crippen LogP contribution is 2.39. The monoisotopic (exact) mass is 355 g/mol. The van der Waals surface area contributed by atoms with E-state index in [0.29, 0.717) is 0 Å². The summed E-state index contributed by atoms with van der Waals surface area (Å²) >= 11 is 0. The van der Waals surface area contributed by atoms with Gasteiger partial charge in [-0.1, -0.05) is 84.3 Å². The van der Waals surface area contributed by atoms with E-state index in [0.717, 1.165) is 22.5 Å². The predicted octanol–water partition coefficient (Wildman–Crippen LogP) is 6.26. The number of anilines is 3. The van der Waals surface area contributed by atoms with Crippen LogP contribution in [-0.2, 0) is 0 Å². The van der Waals surface area contributed by atoms with Gasteiger partial charge < -0.3 is 4.90 Å². The number of nitrogens with zero attached hydrogens (tertiary/aromatic N) is 1. The second kappa shape index (κ2) is 6.90. The number of hydrogen-bond donors (Lipinski definition) is 0. The van der Waals surface area contributed by atoms with E-state index in [1.165, 1.54) is 21.5 Å². The normalized spacial score (nSPS) is 11.0.